The fraction of sp³-hybridized carbons (Fsp3) is 0.389. The number of nitrogens with zero attached hydrogens (tertiary/aromatic N) is 1. The van der Waals surface area contributed by atoms with Crippen molar-refractivity contribution in [1.29, 1.82) is 5.26 Å². The van der Waals surface area contributed by atoms with Gasteiger partial charge < -0.3 is 5.32 Å². The van der Waals surface area contributed by atoms with Crippen LogP contribution in [-0.4, -0.2) is 6.04 Å². The molecule has 2 rings (SSSR count). The van der Waals surface area contributed by atoms with Crippen LogP contribution < -0.4 is 5.32 Å². The lowest BCUT2D eigenvalue weighted by molar-refractivity contribution is 0.615. The molecule has 0 heterocycles. The first-order valence-electron chi connectivity index (χ1n) is 7.44. The second kappa shape index (κ2) is 6.96. The Morgan fingerprint density at radius 3 is 2.55 bits per heavy atom. The molecule has 0 amide bonds. The van der Waals surface area contributed by atoms with Crippen LogP contribution in [0, 0.1) is 11.3 Å². The first kappa shape index (κ1) is 14.4. The van der Waals surface area contributed by atoms with E-state index in [-0.39, 0.29) is 0 Å². The van der Waals surface area contributed by atoms with Crippen molar-refractivity contribution in [2.45, 2.75) is 45.6 Å². The highest BCUT2D eigenvalue weighted by atomic mass is 14.9. The summed E-state index contributed by atoms with van der Waals surface area (Å²) in [6.07, 6.45) is 4.99. The van der Waals surface area contributed by atoms with Gasteiger partial charge in [0.25, 0.3) is 0 Å². The zero-order valence-corrected chi connectivity index (χ0v) is 12.3. The van der Waals surface area contributed by atoms with Crippen LogP contribution in [0.1, 0.15) is 45.1 Å². The second-order valence-corrected chi connectivity index (χ2v) is 5.36. The zero-order valence-electron chi connectivity index (χ0n) is 12.3. The number of fused-ring (bicyclic) bond motifs is 1. The van der Waals surface area contributed by atoms with Gasteiger partial charge in [0.1, 0.15) is 0 Å². The predicted octanol–water partition coefficient (Wildman–Crippen LogP) is 5.09. The Hall–Kier alpha value is -2.01. The molecule has 104 valence electrons. The first-order chi connectivity index (χ1) is 9.76. The van der Waals surface area contributed by atoms with E-state index in [9.17, 15) is 5.26 Å². The van der Waals surface area contributed by atoms with Crippen molar-refractivity contribution in [2.24, 2.45) is 0 Å². The van der Waals surface area contributed by atoms with Crippen molar-refractivity contribution in [3.63, 3.8) is 0 Å². The van der Waals surface area contributed by atoms with Crippen molar-refractivity contribution in [3.8, 4) is 6.07 Å². The van der Waals surface area contributed by atoms with Gasteiger partial charge in [-0.2, -0.15) is 5.26 Å². The Kier molecular flexibility index (Phi) is 5.01. The molecule has 0 aliphatic heterocycles. The van der Waals surface area contributed by atoms with Crippen LogP contribution in [0.5, 0.6) is 0 Å². The lowest BCUT2D eigenvalue weighted by atomic mass is 10.0. The van der Waals surface area contributed by atoms with E-state index in [1.165, 1.54) is 25.7 Å². The highest BCUT2D eigenvalue weighted by Gasteiger charge is 2.07. The minimum Gasteiger partial charge on any atom is -0.382 e. The fourth-order valence-corrected chi connectivity index (χ4v) is 2.56. The maximum Gasteiger partial charge on any atom is 0.0998 e. The highest BCUT2D eigenvalue weighted by molar-refractivity contribution is 5.97. The summed E-state index contributed by atoms with van der Waals surface area (Å²) >= 11 is 0. The zero-order chi connectivity index (χ0) is 14.4. The van der Waals surface area contributed by atoms with Crippen molar-refractivity contribution in [3.05, 3.63) is 42.0 Å². The van der Waals surface area contributed by atoms with Gasteiger partial charge in [0, 0.05) is 22.5 Å². The summed E-state index contributed by atoms with van der Waals surface area (Å²) in [5.74, 6) is 0. The molecule has 0 radical (unpaired) electrons. The molecule has 20 heavy (non-hydrogen) atoms. The van der Waals surface area contributed by atoms with E-state index in [1.54, 1.807) is 0 Å². The summed E-state index contributed by atoms with van der Waals surface area (Å²) in [6.45, 7) is 4.45. The molecule has 1 unspecified atom stereocenters. The second-order valence-electron chi connectivity index (χ2n) is 5.36. The third-order valence-electron chi connectivity index (χ3n) is 3.69. The summed E-state index contributed by atoms with van der Waals surface area (Å²) in [4.78, 5) is 0. The lowest BCUT2D eigenvalue weighted by Gasteiger charge is -2.17. The number of benzene rings is 2. The Morgan fingerprint density at radius 2 is 1.85 bits per heavy atom. The summed E-state index contributed by atoms with van der Waals surface area (Å²) in [5.41, 5.74) is 1.87. The largest absolute Gasteiger partial charge is 0.382 e. The number of hydrogen-bond donors (Lipinski definition) is 1. The molecular weight excluding hydrogens is 244 g/mol. The molecular formula is C18H22N2. The number of hydrogen-bond acceptors (Lipinski definition) is 2. The predicted molar refractivity (Wildman–Crippen MR) is 85.9 cm³/mol. The molecule has 0 saturated heterocycles. The summed E-state index contributed by atoms with van der Waals surface area (Å²) in [5, 5.41) is 14.9. The van der Waals surface area contributed by atoms with E-state index in [4.69, 9.17) is 0 Å². The molecule has 1 atom stereocenters. The van der Waals surface area contributed by atoms with Gasteiger partial charge >= 0.3 is 0 Å². The van der Waals surface area contributed by atoms with Gasteiger partial charge in [-0.15, -0.1) is 0 Å². The maximum absolute atomic E-state index is 9.18. The summed E-state index contributed by atoms with van der Waals surface area (Å²) < 4.78 is 0. The van der Waals surface area contributed by atoms with Crippen LogP contribution >= 0.6 is 0 Å². The smallest absolute Gasteiger partial charge is 0.0998 e. The normalized spacial score (nSPS) is 12.1. The molecule has 0 aliphatic carbocycles. The lowest BCUT2D eigenvalue weighted by Crippen LogP contribution is -2.15. The van der Waals surface area contributed by atoms with Gasteiger partial charge in [0.05, 0.1) is 11.6 Å². The summed E-state index contributed by atoms with van der Waals surface area (Å²) in [6, 6.07) is 14.8. The number of rotatable bonds is 6. The standard InChI is InChI=1S/C18H22N2/c1-3-4-5-8-14(2)20-18-12-11-15(13-19)16-9-6-7-10-17(16)18/h6-7,9-12,14,20H,3-5,8H2,1-2H3. The van der Waals surface area contributed by atoms with E-state index in [0.717, 1.165) is 22.0 Å². The number of anilines is 1. The van der Waals surface area contributed by atoms with Gasteiger partial charge in [0.15, 0.2) is 0 Å². The molecule has 0 aliphatic rings. The van der Waals surface area contributed by atoms with Gasteiger partial charge in [-0.1, -0.05) is 50.5 Å². The van der Waals surface area contributed by atoms with E-state index in [2.05, 4.69) is 31.3 Å². The maximum atomic E-state index is 9.18. The van der Waals surface area contributed by atoms with Crippen LogP contribution in [0.4, 0.5) is 5.69 Å². The molecule has 1 N–H and O–H groups in total. The van der Waals surface area contributed by atoms with Gasteiger partial charge in [0.2, 0.25) is 0 Å². The molecule has 0 spiro atoms. The van der Waals surface area contributed by atoms with Crippen LogP contribution in [0.3, 0.4) is 0 Å². The SMILES string of the molecule is CCCCCC(C)Nc1ccc(C#N)c2ccccc12. The van der Waals surface area contributed by atoms with Crippen molar-refractivity contribution in [2.75, 3.05) is 5.32 Å². The summed E-state index contributed by atoms with van der Waals surface area (Å²) in [7, 11) is 0. The molecule has 2 aromatic rings. The van der Waals surface area contributed by atoms with Crippen LogP contribution in [0.25, 0.3) is 10.8 Å². The van der Waals surface area contributed by atoms with Gasteiger partial charge in [-0.25, -0.2) is 0 Å². The van der Waals surface area contributed by atoms with Crippen LogP contribution in [0.2, 0.25) is 0 Å². The molecule has 2 aromatic carbocycles. The van der Waals surface area contributed by atoms with Crippen molar-refractivity contribution >= 4 is 16.5 Å². The molecule has 0 aromatic heterocycles. The van der Waals surface area contributed by atoms with E-state index in [1.807, 2.05) is 30.3 Å². The Balaban J connectivity index is 2.21. The van der Waals surface area contributed by atoms with Gasteiger partial charge in [-0.05, 0) is 25.5 Å². The van der Waals surface area contributed by atoms with Crippen molar-refractivity contribution in [1.82, 2.24) is 0 Å². The van der Waals surface area contributed by atoms with E-state index in [0.29, 0.717) is 6.04 Å². The molecule has 0 fully saturated rings. The minimum absolute atomic E-state index is 0.456. The highest BCUT2D eigenvalue weighted by Crippen LogP contribution is 2.27. The van der Waals surface area contributed by atoms with Crippen LogP contribution in [0.15, 0.2) is 36.4 Å². The number of unbranched alkanes of at least 4 members (excludes halogenated alkanes) is 2. The van der Waals surface area contributed by atoms with E-state index < -0.39 is 0 Å². The molecule has 0 saturated carbocycles. The van der Waals surface area contributed by atoms with Gasteiger partial charge in [-0.3, -0.25) is 0 Å². The van der Waals surface area contributed by atoms with Crippen molar-refractivity contribution < 1.29 is 0 Å². The monoisotopic (exact) mass is 266 g/mol. The molecule has 0 bridgehead atoms. The molecule has 2 nitrogen and oxygen atoms in total. The van der Waals surface area contributed by atoms with Crippen LogP contribution in [-0.2, 0) is 0 Å². The Morgan fingerprint density at radius 1 is 1.10 bits per heavy atom. The third-order valence-corrected chi connectivity index (χ3v) is 3.69. The first-order valence-corrected chi connectivity index (χ1v) is 7.44. The topological polar surface area (TPSA) is 35.8 Å². The Labute approximate surface area is 121 Å². The Bertz CT molecular complexity index is 610. The minimum atomic E-state index is 0.456. The number of nitrogens with one attached hydrogen (secondary N) is 1. The number of nitriles is 1. The quantitative estimate of drug-likeness (QED) is 0.739. The fourth-order valence-electron chi connectivity index (χ4n) is 2.56. The molecule has 2 heteroatoms. The third kappa shape index (κ3) is 3.30. The average molecular weight is 266 g/mol. The average Bonchev–Trinajstić information content (AvgIpc) is 2.48. The van der Waals surface area contributed by atoms with E-state index >= 15 is 0 Å².